The highest BCUT2D eigenvalue weighted by Crippen LogP contribution is 2.29. The van der Waals surface area contributed by atoms with E-state index in [9.17, 15) is 13.2 Å². The third-order valence-electron chi connectivity index (χ3n) is 4.48. The number of hydrogen-bond acceptors (Lipinski definition) is 5. The van der Waals surface area contributed by atoms with E-state index in [1.54, 1.807) is 45.0 Å². The van der Waals surface area contributed by atoms with E-state index in [4.69, 9.17) is 4.74 Å². The van der Waals surface area contributed by atoms with Gasteiger partial charge in [0.05, 0.1) is 16.3 Å². The SMILES string of the molecule is CCN(CC)S(=O)(=O)c1ccc(N(C)C)c(NC(=O)C(C)Oc2ccccc2)c1. The van der Waals surface area contributed by atoms with E-state index in [1.165, 1.54) is 10.4 Å². The van der Waals surface area contributed by atoms with E-state index in [-0.39, 0.29) is 10.8 Å². The molecule has 0 bridgehead atoms. The Labute approximate surface area is 173 Å². The van der Waals surface area contributed by atoms with Gasteiger partial charge in [0.15, 0.2) is 6.10 Å². The van der Waals surface area contributed by atoms with Gasteiger partial charge in [-0.2, -0.15) is 4.31 Å². The van der Waals surface area contributed by atoms with Gasteiger partial charge in [0.25, 0.3) is 5.91 Å². The Morgan fingerprint density at radius 1 is 1.07 bits per heavy atom. The summed E-state index contributed by atoms with van der Waals surface area (Å²) in [5.74, 6) is 0.218. The van der Waals surface area contributed by atoms with Crippen LogP contribution in [0.2, 0.25) is 0 Å². The van der Waals surface area contributed by atoms with Gasteiger partial charge >= 0.3 is 0 Å². The summed E-state index contributed by atoms with van der Waals surface area (Å²) in [4.78, 5) is 14.6. The number of sulfonamides is 1. The Kier molecular flexibility index (Phi) is 7.64. The smallest absolute Gasteiger partial charge is 0.265 e. The third kappa shape index (κ3) is 5.48. The van der Waals surface area contributed by atoms with Crippen molar-refractivity contribution in [1.29, 1.82) is 0 Å². The summed E-state index contributed by atoms with van der Waals surface area (Å²) in [6.45, 7) is 5.98. The Balaban J connectivity index is 2.31. The number of rotatable bonds is 9. The maximum Gasteiger partial charge on any atom is 0.265 e. The summed E-state index contributed by atoms with van der Waals surface area (Å²) in [5.41, 5.74) is 1.11. The standard InChI is InChI=1S/C21H29N3O4S/c1-6-24(7-2)29(26,27)18-13-14-20(23(4)5)19(15-18)22-21(25)16(3)28-17-11-9-8-10-12-17/h8-16H,6-7H2,1-5H3,(H,22,25). The highest BCUT2D eigenvalue weighted by atomic mass is 32.2. The third-order valence-corrected chi connectivity index (χ3v) is 6.52. The van der Waals surface area contributed by atoms with Gasteiger partial charge < -0.3 is 15.0 Å². The maximum atomic E-state index is 12.9. The van der Waals surface area contributed by atoms with Crippen LogP contribution in [-0.4, -0.2) is 51.9 Å². The van der Waals surface area contributed by atoms with Crippen molar-refractivity contribution in [2.75, 3.05) is 37.4 Å². The first-order chi connectivity index (χ1) is 13.7. The molecule has 1 N–H and O–H groups in total. The van der Waals surface area contributed by atoms with Crippen LogP contribution in [-0.2, 0) is 14.8 Å². The highest BCUT2D eigenvalue weighted by molar-refractivity contribution is 7.89. The van der Waals surface area contributed by atoms with Crippen molar-refractivity contribution in [2.24, 2.45) is 0 Å². The molecule has 1 unspecified atom stereocenters. The number of carbonyl (C=O) groups is 1. The Bertz CT molecular complexity index is 926. The minimum atomic E-state index is -3.64. The number of carbonyl (C=O) groups excluding carboxylic acids is 1. The molecule has 7 nitrogen and oxygen atoms in total. The zero-order valence-electron chi connectivity index (χ0n) is 17.5. The van der Waals surface area contributed by atoms with Crippen LogP contribution in [0.4, 0.5) is 11.4 Å². The predicted molar refractivity (Wildman–Crippen MR) is 116 cm³/mol. The van der Waals surface area contributed by atoms with Gasteiger partial charge in [0.2, 0.25) is 10.0 Å². The molecule has 0 aliphatic carbocycles. The molecule has 158 valence electrons. The van der Waals surface area contributed by atoms with Gasteiger partial charge in [0.1, 0.15) is 5.75 Å². The quantitative estimate of drug-likeness (QED) is 0.675. The Morgan fingerprint density at radius 2 is 1.69 bits per heavy atom. The molecule has 29 heavy (non-hydrogen) atoms. The molecule has 0 fully saturated rings. The van der Waals surface area contributed by atoms with Crippen LogP contribution in [0.3, 0.4) is 0 Å². The van der Waals surface area contributed by atoms with E-state index in [2.05, 4.69) is 5.32 Å². The molecule has 1 amide bonds. The van der Waals surface area contributed by atoms with Crippen LogP contribution in [0.5, 0.6) is 5.75 Å². The van der Waals surface area contributed by atoms with Crippen LogP contribution in [0, 0.1) is 0 Å². The second-order valence-corrected chi connectivity index (χ2v) is 8.66. The molecule has 0 saturated heterocycles. The second kappa shape index (κ2) is 9.76. The number of nitrogens with zero attached hydrogens (tertiary/aromatic N) is 2. The number of amides is 1. The van der Waals surface area contributed by atoms with Crippen molar-refractivity contribution in [2.45, 2.75) is 31.8 Å². The van der Waals surface area contributed by atoms with Gasteiger partial charge in [-0.1, -0.05) is 32.0 Å². The van der Waals surface area contributed by atoms with Crippen LogP contribution in [0.1, 0.15) is 20.8 Å². The molecule has 0 aliphatic rings. The van der Waals surface area contributed by atoms with Crippen molar-refractivity contribution in [3.8, 4) is 5.75 Å². The number of ether oxygens (including phenoxy) is 1. The van der Waals surface area contributed by atoms with Crippen molar-refractivity contribution in [1.82, 2.24) is 4.31 Å². The normalized spacial score (nSPS) is 12.5. The summed E-state index contributed by atoms with van der Waals surface area (Å²) in [5, 5.41) is 2.81. The molecule has 2 aromatic carbocycles. The van der Waals surface area contributed by atoms with Gasteiger partial charge in [-0.05, 0) is 37.3 Å². The van der Waals surface area contributed by atoms with Crippen LogP contribution in [0.25, 0.3) is 0 Å². The maximum absolute atomic E-state index is 12.9. The number of nitrogens with one attached hydrogen (secondary N) is 1. The summed E-state index contributed by atoms with van der Waals surface area (Å²) in [6.07, 6.45) is -0.754. The molecule has 0 spiro atoms. The Hall–Kier alpha value is -2.58. The fourth-order valence-electron chi connectivity index (χ4n) is 2.87. The van der Waals surface area contributed by atoms with E-state index in [0.29, 0.717) is 30.2 Å². The lowest BCUT2D eigenvalue weighted by molar-refractivity contribution is -0.122. The first-order valence-electron chi connectivity index (χ1n) is 9.54. The van der Waals surface area contributed by atoms with E-state index in [0.717, 1.165) is 0 Å². The number of benzene rings is 2. The molecular weight excluding hydrogens is 390 g/mol. The minimum Gasteiger partial charge on any atom is -0.481 e. The monoisotopic (exact) mass is 419 g/mol. The molecule has 0 saturated carbocycles. The Morgan fingerprint density at radius 3 is 2.24 bits per heavy atom. The largest absolute Gasteiger partial charge is 0.481 e. The molecule has 2 aromatic rings. The fourth-order valence-corrected chi connectivity index (χ4v) is 4.35. The minimum absolute atomic E-state index is 0.138. The molecule has 0 aromatic heterocycles. The first-order valence-corrected chi connectivity index (χ1v) is 11.0. The van der Waals surface area contributed by atoms with Gasteiger partial charge in [-0.3, -0.25) is 4.79 Å². The highest BCUT2D eigenvalue weighted by Gasteiger charge is 2.24. The molecule has 0 heterocycles. The van der Waals surface area contributed by atoms with Crippen molar-refractivity contribution < 1.29 is 17.9 Å². The van der Waals surface area contributed by atoms with Crippen LogP contribution >= 0.6 is 0 Å². The summed E-state index contributed by atoms with van der Waals surface area (Å²) in [7, 11) is 0.0152. The second-order valence-electron chi connectivity index (χ2n) is 6.73. The molecule has 0 radical (unpaired) electrons. The molecule has 1 atom stereocenters. The van der Waals surface area contributed by atoms with Crippen molar-refractivity contribution >= 4 is 27.3 Å². The first kappa shape index (κ1) is 22.7. The summed E-state index contributed by atoms with van der Waals surface area (Å²) < 4.78 is 32.8. The number of anilines is 2. The van der Waals surface area contributed by atoms with Gasteiger partial charge in [0, 0.05) is 27.2 Å². The zero-order valence-corrected chi connectivity index (χ0v) is 18.4. The molecule has 8 heteroatoms. The average Bonchev–Trinajstić information content (AvgIpc) is 2.69. The molecular formula is C21H29N3O4S. The number of para-hydroxylation sites is 1. The molecule has 0 aliphatic heterocycles. The van der Waals surface area contributed by atoms with Crippen LogP contribution < -0.4 is 15.0 Å². The number of hydrogen-bond donors (Lipinski definition) is 1. The summed E-state index contributed by atoms with van der Waals surface area (Å²) in [6, 6.07) is 13.8. The van der Waals surface area contributed by atoms with E-state index < -0.39 is 16.1 Å². The lowest BCUT2D eigenvalue weighted by Gasteiger charge is -2.23. The predicted octanol–water partition coefficient (Wildman–Crippen LogP) is 3.19. The van der Waals surface area contributed by atoms with Gasteiger partial charge in [-0.15, -0.1) is 0 Å². The van der Waals surface area contributed by atoms with Crippen molar-refractivity contribution in [3.05, 3.63) is 48.5 Å². The lowest BCUT2D eigenvalue weighted by atomic mass is 10.2. The zero-order chi connectivity index (χ0) is 21.6. The fraction of sp³-hybridized carbons (Fsp3) is 0.381. The lowest BCUT2D eigenvalue weighted by Crippen LogP contribution is -2.32. The van der Waals surface area contributed by atoms with Crippen LogP contribution in [0.15, 0.2) is 53.4 Å². The van der Waals surface area contributed by atoms with Gasteiger partial charge in [-0.25, -0.2) is 8.42 Å². The summed E-state index contributed by atoms with van der Waals surface area (Å²) >= 11 is 0. The molecule has 2 rings (SSSR count). The van der Waals surface area contributed by atoms with E-state index >= 15 is 0 Å². The topological polar surface area (TPSA) is 79.0 Å². The average molecular weight is 420 g/mol. The van der Waals surface area contributed by atoms with Crippen molar-refractivity contribution in [3.63, 3.8) is 0 Å². The van der Waals surface area contributed by atoms with E-state index in [1.807, 2.05) is 37.2 Å².